The molecule has 1 aromatic heterocycles. The maximum Gasteiger partial charge on any atom is 0.115 e. The SMILES string of the molecule is COCCN(Cc1ccncn1)CC1CCCN1. The van der Waals surface area contributed by atoms with E-state index >= 15 is 0 Å². The largest absolute Gasteiger partial charge is 0.383 e. The van der Waals surface area contributed by atoms with Crippen LogP contribution in [0.25, 0.3) is 0 Å². The molecule has 18 heavy (non-hydrogen) atoms. The summed E-state index contributed by atoms with van der Waals surface area (Å²) < 4.78 is 5.18. The molecule has 5 heteroatoms. The third-order valence-electron chi connectivity index (χ3n) is 3.28. The Morgan fingerprint density at radius 1 is 1.56 bits per heavy atom. The fraction of sp³-hybridized carbons (Fsp3) is 0.692. The van der Waals surface area contributed by atoms with Gasteiger partial charge in [-0.2, -0.15) is 0 Å². The molecule has 1 aliphatic heterocycles. The second kappa shape index (κ2) is 7.41. The maximum atomic E-state index is 5.18. The minimum absolute atomic E-state index is 0.615. The molecule has 0 aromatic carbocycles. The topological polar surface area (TPSA) is 50.3 Å². The standard InChI is InChI=1S/C13H22N4O/c1-18-8-7-17(9-12-3-2-5-15-12)10-13-4-6-14-11-16-13/h4,6,11-12,15H,2-3,5,7-10H2,1H3. The Morgan fingerprint density at radius 2 is 2.50 bits per heavy atom. The fourth-order valence-corrected chi connectivity index (χ4v) is 2.32. The minimum Gasteiger partial charge on any atom is -0.383 e. The molecular weight excluding hydrogens is 228 g/mol. The molecule has 0 saturated carbocycles. The molecule has 0 radical (unpaired) electrons. The van der Waals surface area contributed by atoms with E-state index in [-0.39, 0.29) is 0 Å². The summed E-state index contributed by atoms with van der Waals surface area (Å²) >= 11 is 0. The maximum absolute atomic E-state index is 5.18. The van der Waals surface area contributed by atoms with Gasteiger partial charge in [0.1, 0.15) is 6.33 Å². The third kappa shape index (κ3) is 4.33. The Hall–Kier alpha value is -1.04. The lowest BCUT2D eigenvalue weighted by Gasteiger charge is -2.24. The molecule has 2 heterocycles. The summed E-state index contributed by atoms with van der Waals surface area (Å²) in [5.74, 6) is 0. The van der Waals surface area contributed by atoms with Crippen LogP contribution in [0.3, 0.4) is 0 Å². The van der Waals surface area contributed by atoms with E-state index in [9.17, 15) is 0 Å². The van der Waals surface area contributed by atoms with E-state index in [1.807, 2.05) is 6.07 Å². The number of methoxy groups -OCH3 is 1. The molecule has 0 spiro atoms. The number of rotatable bonds is 7. The lowest BCUT2D eigenvalue weighted by Crippen LogP contribution is -2.38. The van der Waals surface area contributed by atoms with Crippen LogP contribution in [-0.4, -0.2) is 54.3 Å². The molecule has 1 N–H and O–H groups in total. The molecular formula is C13H22N4O. The van der Waals surface area contributed by atoms with Crippen LogP contribution in [0.2, 0.25) is 0 Å². The molecule has 1 saturated heterocycles. The average Bonchev–Trinajstić information content (AvgIpc) is 2.90. The first-order valence-corrected chi connectivity index (χ1v) is 6.58. The highest BCUT2D eigenvalue weighted by Gasteiger charge is 2.18. The summed E-state index contributed by atoms with van der Waals surface area (Å²) in [6.45, 7) is 4.78. The van der Waals surface area contributed by atoms with Crippen LogP contribution >= 0.6 is 0 Å². The van der Waals surface area contributed by atoms with Crippen molar-refractivity contribution in [3.63, 3.8) is 0 Å². The van der Waals surface area contributed by atoms with Crippen molar-refractivity contribution in [2.24, 2.45) is 0 Å². The van der Waals surface area contributed by atoms with Crippen molar-refractivity contribution in [3.05, 3.63) is 24.3 Å². The molecule has 100 valence electrons. The average molecular weight is 250 g/mol. The predicted molar refractivity (Wildman–Crippen MR) is 70.2 cm³/mol. The molecule has 1 atom stereocenters. The van der Waals surface area contributed by atoms with E-state index in [1.165, 1.54) is 12.8 Å². The van der Waals surface area contributed by atoms with Gasteiger partial charge in [0.2, 0.25) is 0 Å². The predicted octanol–water partition coefficient (Wildman–Crippen LogP) is 0.677. The van der Waals surface area contributed by atoms with Crippen molar-refractivity contribution in [1.29, 1.82) is 0 Å². The zero-order valence-electron chi connectivity index (χ0n) is 11.0. The summed E-state index contributed by atoms with van der Waals surface area (Å²) in [7, 11) is 1.75. The van der Waals surface area contributed by atoms with Gasteiger partial charge in [0.15, 0.2) is 0 Å². The van der Waals surface area contributed by atoms with E-state index in [0.717, 1.165) is 38.5 Å². The number of aromatic nitrogens is 2. The van der Waals surface area contributed by atoms with E-state index in [2.05, 4.69) is 20.2 Å². The summed E-state index contributed by atoms with van der Waals surface area (Å²) in [6, 6.07) is 2.59. The molecule has 2 rings (SSSR count). The molecule has 0 aliphatic carbocycles. The van der Waals surface area contributed by atoms with Crippen molar-refractivity contribution in [1.82, 2.24) is 20.2 Å². The second-order valence-corrected chi connectivity index (χ2v) is 4.72. The van der Waals surface area contributed by atoms with Gasteiger partial charge in [0.05, 0.1) is 12.3 Å². The van der Waals surface area contributed by atoms with Crippen molar-refractivity contribution in [2.45, 2.75) is 25.4 Å². The normalized spacial score (nSPS) is 19.6. The van der Waals surface area contributed by atoms with Gasteiger partial charge in [-0.3, -0.25) is 4.90 Å². The lowest BCUT2D eigenvalue weighted by atomic mass is 10.2. The molecule has 1 fully saturated rings. The van der Waals surface area contributed by atoms with Gasteiger partial charge in [-0.05, 0) is 25.5 Å². The Balaban J connectivity index is 1.87. The highest BCUT2D eigenvalue weighted by atomic mass is 16.5. The highest BCUT2D eigenvalue weighted by molar-refractivity contribution is 4.97. The van der Waals surface area contributed by atoms with Gasteiger partial charge in [-0.15, -0.1) is 0 Å². The van der Waals surface area contributed by atoms with Crippen molar-refractivity contribution in [2.75, 3.05) is 33.4 Å². The Kier molecular flexibility index (Phi) is 5.51. The van der Waals surface area contributed by atoms with E-state index in [1.54, 1.807) is 19.6 Å². The van der Waals surface area contributed by atoms with E-state index in [0.29, 0.717) is 6.04 Å². The van der Waals surface area contributed by atoms with Gasteiger partial charge < -0.3 is 10.1 Å². The van der Waals surface area contributed by atoms with Crippen LogP contribution in [0.4, 0.5) is 0 Å². The number of nitrogens with one attached hydrogen (secondary N) is 1. The van der Waals surface area contributed by atoms with Crippen LogP contribution < -0.4 is 5.32 Å². The first kappa shape index (κ1) is 13.4. The molecule has 1 aromatic rings. The number of ether oxygens (including phenoxy) is 1. The first-order valence-electron chi connectivity index (χ1n) is 6.58. The summed E-state index contributed by atoms with van der Waals surface area (Å²) in [5, 5.41) is 3.53. The zero-order chi connectivity index (χ0) is 12.6. The van der Waals surface area contributed by atoms with Crippen LogP contribution in [0.1, 0.15) is 18.5 Å². The summed E-state index contributed by atoms with van der Waals surface area (Å²) in [5.41, 5.74) is 1.07. The number of hydrogen-bond acceptors (Lipinski definition) is 5. The third-order valence-corrected chi connectivity index (χ3v) is 3.28. The van der Waals surface area contributed by atoms with Crippen LogP contribution in [-0.2, 0) is 11.3 Å². The van der Waals surface area contributed by atoms with E-state index in [4.69, 9.17) is 4.74 Å². The van der Waals surface area contributed by atoms with Gasteiger partial charge in [0.25, 0.3) is 0 Å². The van der Waals surface area contributed by atoms with Crippen LogP contribution in [0, 0.1) is 0 Å². The Labute approximate surface area is 109 Å². The Morgan fingerprint density at radius 3 is 3.17 bits per heavy atom. The zero-order valence-corrected chi connectivity index (χ0v) is 11.0. The quantitative estimate of drug-likeness (QED) is 0.771. The molecule has 0 amide bonds. The van der Waals surface area contributed by atoms with Crippen LogP contribution in [0.15, 0.2) is 18.6 Å². The lowest BCUT2D eigenvalue weighted by molar-refractivity contribution is 0.137. The van der Waals surface area contributed by atoms with Gasteiger partial charge in [0, 0.05) is 39.0 Å². The summed E-state index contributed by atoms with van der Waals surface area (Å²) in [6.07, 6.45) is 5.96. The van der Waals surface area contributed by atoms with Gasteiger partial charge in [-0.1, -0.05) is 0 Å². The smallest absolute Gasteiger partial charge is 0.115 e. The van der Waals surface area contributed by atoms with Crippen molar-refractivity contribution < 1.29 is 4.74 Å². The molecule has 1 aliphatic rings. The highest BCUT2D eigenvalue weighted by Crippen LogP contribution is 2.09. The minimum atomic E-state index is 0.615. The van der Waals surface area contributed by atoms with Gasteiger partial charge >= 0.3 is 0 Å². The van der Waals surface area contributed by atoms with Gasteiger partial charge in [-0.25, -0.2) is 9.97 Å². The molecule has 5 nitrogen and oxygen atoms in total. The van der Waals surface area contributed by atoms with Crippen molar-refractivity contribution in [3.8, 4) is 0 Å². The summed E-state index contributed by atoms with van der Waals surface area (Å²) in [4.78, 5) is 10.6. The first-order chi connectivity index (χ1) is 8.88. The molecule has 0 bridgehead atoms. The number of hydrogen-bond donors (Lipinski definition) is 1. The van der Waals surface area contributed by atoms with Crippen molar-refractivity contribution >= 4 is 0 Å². The van der Waals surface area contributed by atoms with E-state index < -0.39 is 0 Å². The van der Waals surface area contributed by atoms with Crippen LogP contribution in [0.5, 0.6) is 0 Å². The number of nitrogens with zero attached hydrogens (tertiary/aromatic N) is 3. The second-order valence-electron chi connectivity index (χ2n) is 4.72. The monoisotopic (exact) mass is 250 g/mol. The molecule has 1 unspecified atom stereocenters. The fourth-order valence-electron chi connectivity index (χ4n) is 2.32. The Bertz CT molecular complexity index is 327.